The summed E-state index contributed by atoms with van der Waals surface area (Å²) in [4.78, 5) is 28.1. The molecule has 2 fully saturated rings. The highest BCUT2D eigenvalue weighted by molar-refractivity contribution is 5.87. The normalized spacial score (nSPS) is 35.2. The zero-order chi connectivity index (χ0) is 19.5. The monoisotopic (exact) mass is 379 g/mol. The number of benzene rings is 1. The van der Waals surface area contributed by atoms with Gasteiger partial charge in [-0.25, -0.2) is 0 Å². The van der Waals surface area contributed by atoms with E-state index in [-0.39, 0.29) is 23.3 Å². The fourth-order valence-electron chi connectivity index (χ4n) is 6.78. The van der Waals surface area contributed by atoms with Crippen LogP contribution in [0, 0.1) is 23.7 Å². The van der Waals surface area contributed by atoms with Gasteiger partial charge in [-0.3, -0.25) is 9.59 Å². The summed E-state index contributed by atoms with van der Waals surface area (Å²) in [5.74, 6) is -1.14. The molecule has 1 N–H and O–H groups in total. The number of nitrogens with zero attached hydrogens (tertiary/aromatic N) is 1. The van der Waals surface area contributed by atoms with E-state index in [4.69, 9.17) is 0 Å². The average Bonchev–Trinajstić information content (AvgIpc) is 3.40. The van der Waals surface area contributed by atoms with E-state index in [2.05, 4.69) is 42.2 Å². The van der Waals surface area contributed by atoms with Gasteiger partial charge in [-0.2, -0.15) is 0 Å². The molecule has 4 aliphatic rings. The lowest BCUT2D eigenvalue weighted by Gasteiger charge is -2.44. The lowest BCUT2D eigenvalue weighted by atomic mass is 9.79. The number of fused-ring (bicyclic) bond motifs is 3. The molecule has 5 rings (SSSR count). The molecule has 0 unspecified atom stereocenters. The summed E-state index contributed by atoms with van der Waals surface area (Å²) in [6, 6.07) is 8.50. The number of amides is 1. The largest absolute Gasteiger partial charge is 0.481 e. The summed E-state index contributed by atoms with van der Waals surface area (Å²) in [5.41, 5.74) is 2.48. The van der Waals surface area contributed by atoms with Crippen LogP contribution in [0.3, 0.4) is 0 Å². The van der Waals surface area contributed by atoms with Crippen molar-refractivity contribution >= 4 is 11.9 Å². The van der Waals surface area contributed by atoms with Crippen molar-refractivity contribution in [2.45, 2.75) is 63.5 Å². The van der Waals surface area contributed by atoms with Gasteiger partial charge < -0.3 is 10.0 Å². The molecule has 2 saturated carbocycles. The fraction of sp³-hybridized carbons (Fsp3) is 0.583. The van der Waals surface area contributed by atoms with E-state index in [0.717, 1.165) is 38.5 Å². The molecule has 4 nitrogen and oxygen atoms in total. The van der Waals surface area contributed by atoms with Gasteiger partial charge in [0, 0.05) is 12.1 Å². The number of carboxylic acids is 1. The van der Waals surface area contributed by atoms with Gasteiger partial charge in [-0.15, -0.1) is 0 Å². The molecule has 1 aliphatic heterocycles. The number of carbonyl (C=O) groups excluding carboxylic acids is 1. The third-order valence-electron chi connectivity index (χ3n) is 8.00. The second-order valence-electron chi connectivity index (χ2n) is 9.50. The Labute approximate surface area is 166 Å². The van der Waals surface area contributed by atoms with Gasteiger partial charge in [0.25, 0.3) is 0 Å². The molecule has 1 amide bonds. The van der Waals surface area contributed by atoms with Gasteiger partial charge in [-0.1, -0.05) is 56.2 Å². The Morgan fingerprint density at radius 2 is 1.75 bits per heavy atom. The maximum Gasteiger partial charge on any atom is 0.307 e. The molecule has 4 heteroatoms. The van der Waals surface area contributed by atoms with E-state index in [1.54, 1.807) is 0 Å². The van der Waals surface area contributed by atoms with Gasteiger partial charge in [-0.05, 0) is 54.6 Å². The molecule has 0 saturated heterocycles. The van der Waals surface area contributed by atoms with E-state index in [0.29, 0.717) is 12.5 Å². The van der Waals surface area contributed by atoms with Crippen LogP contribution in [0.2, 0.25) is 0 Å². The number of rotatable bonds is 2. The first-order valence-corrected chi connectivity index (χ1v) is 10.8. The smallest absolute Gasteiger partial charge is 0.307 e. The molecular weight excluding hydrogens is 350 g/mol. The fourth-order valence-corrected chi connectivity index (χ4v) is 6.78. The number of carboxylic acid groups (broad SMARTS) is 1. The van der Waals surface area contributed by atoms with E-state index in [1.807, 2.05) is 6.08 Å². The summed E-state index contributed by atoms with van der Waals surface area (Å²) in [6.07, 6.45) is 10.3. The van der Waals surface area contributed by atoms with Crippen LogP contribution in [-0.4, -0.2) is 27.4 Å². The Hall–Kier alpha value is -2.10. The lowest BCUT2D eigenvalue weighted by Crippen LogP contribution is -2.53. The highest BCUT2D eigenvalue weighted by Crippen LogP contribution is 2.52. The number of allylic oxidation sites excluding steroid dienone is 2. The van der Waals surface area contributed by atoms with Crippen LogP contribution in [0.15, 0.2) is 36.4 Å². The Bertz CT molecular complexity index is 838. The van der Waals surface area contributed by atoms with Gasteiger partial charge in [0.1, 0.15) is 0 Å². The molecule has 1 spiro atoms. The Balaban J connectivity index is 1.55. The zero-order valence-corrected chi connectivity index (χ0v) is 16.5. The summed E-state index contributed by atoms with van der Waals surface area (Å²) >= 11 is 0. The molecule has 28 heavy (non-hydrogen) atoms. The number of carbonyl (C=O) groups is 2. The van der Waals surface area contributed by atoms with Crippen molar-refractivity contribution in [1.82, 2.24) is 4.90 Å². The maximum atomic E-state index is 14.0. The van der Waals surface area contributed by atoms with Crippen LogP contribution in [0.25, 0.3) is 0 Å². The molecule has 2 bridgehead atoms. The summed E-state index contributed by atoms with van der Waals surface area (Å²) in [6.45, 7) is 2.91. The van der Waals surface area contributed by atoms with Crippen molar-refractivity contribution in [3.8, 4) is 0 Å². The predicted octanol–water partition coefficient (Wildman–Crippen LogP) is 4.36. The van der Waals surface area contributed by atoms with Crippen molar-refractivity contribution < 1.29 is 14.7 Å². The molecule has 3 aliphatic carbocycles. The molecule has 1 heterocycles. The predicted molar refractivity (Wildman–Crippen MR) is 107 cm³/mol. The molecule has 1 aromatic rings. The van der Waals surface area contributed by atoms with E-state index in [9.17, 15) is 14.7 Å². The highest BCUT2D eigenvalue weighted by atomic mass is 16.4. The van der Waals surface area contributed by atoms with Crippen LogP contribution in [0.4, 0.5) is 0 Å². The number of hydrogen-bond acceptors (Lipinski definition) is 2. The molecule has 0 aromatic heterocycles. The van der Waals surface area contributed by atoms with Crippen LogP contribution < -0.4 is 0 Å². The minimum Gasteiger partial charge on any atom is -0.481 e. The van der Waals surface area contributed by atoms with Gasteiger partial charge >= 0.3 is 5.97 Å². The first kappa shape index (κ1) is 18.0. The summed E-state index contributed by atoms with van der Waals surface area (Å²) in [7, 11) is 0. The van der Waals surface area contributed by atoms with Crippen molar-refractivity contribution in [2.75, 3.05) is 0 Å². The van der Waals surface area contributed by atoms with Crippen LogP contribution in [0.1, 0.15) is 62.5 Å². The Morgan fingerprint density at radius 1 is 1.07 bits per heavy atom. The molecular formula is C24H29NO3. The molecule has 148 valence electrons. The standard InChI is InChI=1S/C24H29NO3/c1-15-13-24(10-4-5-11-24)25(14-18-6-2-3-7-19(15)18)22(26)20-16-8-9-17(12-16)21(20)23(27)28/h2-3,6-9,15-17,20-21H,4-5,10-14H2,1H3,(H,27,28)/t15-,16+,17-,20-,21+/m0/s1. The first-order chi connectivity index (χ1) is 13.5. The van der Waals surface area contributed by atoms with Crippen molar-refractivity contribution in [3.05, 3.63) is 47.5 Å². The lowest BCUT2D eigenvalue weighted by molar-refractivity contribution is -0.154. The number of hydrogen-bond donors (Lipinski definition) is 1. The highest BCUT2D eigenvalue weighted by Gasteiger charge is 2.55. The quantitative estimate of drug-likeness (QED) is 0.777. The summed E-state index contributed by atoms with van der Waals surface area (Å²) in [5, 5.41) is 9.86. The second-order valence-corrected chi connectivity index (χ2v) is 9.50. The molecule has 0 radical (unpaired) electrons. The van der Waals surface area contributed by atoms with Crippen LogP contribution in [-0.2, 0) is 16.1 Å². The topological polar surface area (TPSA) is 57.6 Å². The average molecular weight is 380 g/mol. The maximum absolute atomic E-state index is 14.0. The van der Waals surface area contributed by atoms with Crippen molar-refractivity contribution in [2.24, 2.45) is 23.7 Å². The van der Waals surface area contributed by atoms with Crippen molar-refractivity contribution in [1.29, 1.82) is 0 Å². The van der Waals surface area contributed by atoms with E-state index < -0.39 is 17.8 Å². The Kier molecular flexibility index (Phi) is 4.15. The molecule has 5 atom stereocenters. The van der Waals surface area contributed by atoms with Crippen LogP contribution >= 0.6 is 0 Å². The van der Waals surface area contributed by atoms with Gasteiger partial charge in [0.05, 0.1) is 11.8 Å². The number of aliphatic carboxylic acids is 1. The van der Waals surface area contributed by atoms with Gasteiger partial charge in [0.2, 0.25) is 5.91 Å². The summed E-state index contributed by atoms with van der Waals surface area (Å²) < 4.78 is 0. The minimum absolute atomic E-state index is 0.0224. The Morgan fingerprint density at radius 3 is 2.46 bits per heavy atom. The third kappa shape index (κ3) is 2.57. The van der Waals surface area contributed by atoms with E-state index in [1.165, 1.54) is 11.1 Å². The third-order valence-corrected chi connectivity index (χ3v) is 8.00. The van der Waals surface area contributed by atoms with E-state index >= 15 is 0 Å². The molecule has 1 aromatic carbocycles. The minimum atomic E-state index is -0.806. The van der Waals surface area contributed by atoms with Gasteiger partial charge in [0.15, 0.2) is 0 Å². The SMILES string of the molecule is C[C@H]1CC2(CCCC2)N(C(=O)[C@@H]2[C@H](C(=O)O)[C@H]3C=C[C@@H]2C3)Cc2ccccc21. The first-order valence-electron chi connectivity index (χ1n) is 10.8. The van der Waals surface area contributed by atoms with Crippen LogP contribution in [0.5, 0.6) is 0 Å². The van der Waals surface area contributed by atoms with Crippen molar-refractivity contribution in [3.63, 3.8) is 0 Å². The second kappa shape index (κ2) is 6.47. The zero-order valence-electron chi connectivity index (χ0n) is 16.5.